The summed E-state index contributed by atoms with van der Waals surface area (Å²) in [6.07, 6.45) is 4.76. The first-order chi connectivity index (χ1) is 8.06. The molecule has 3 heteroatoms. The number of carbonyl (C=O) groups is 1. The minimum atomic E-state index is -0.588. The van der Waals surface area contributed by atoms with Gasteiger partial charge in [0.25, 0.3) is 0 Å². The molecule has 1 unspecified atom stereocenters. The van der Waals surface area contributed by atoms with Crippen LogP contribution in [0.15, 0.2) is 0 Å². The minimum absolute atomic E-state index is 0.244. The third-order valence-corrected chi connectivity index (χ3v) is 5.00. The summed E-state index contributed by atoms with van der Waals surface area (Å²) in [6.45, 7) is 5.89. The van der Waals surface area contributed by atoms with E-state index in [1.165, 1.54) is 0 Å². The SMILES string of the molecule is CC(C)C1CCC(C(=O)O)(C2CCOC2)CC1. The number of hydrogen-bond acceptors (Lipinski definition) is 2. The van der Waals surface area contributed by atoms with Gasteiger partial charge in [0, 0.05) is 12.5 Å². The van der Waals surface area contributed by atoms with E-state index in [9.17, 15) is 9.90 Å². The van der Waals surface area contributed by atoms with Gasteiger partial charge in [-0.1, -0.05) is 13.8 Å². The van der Waals surface area contributed by atoms with Crippen molar-refractivity contribution in [1.82, 2.24) is 0 Å². The summed E-state index contributed by atoms with van der Waals surface area (Å²) in [6, 6.07) is 0. The zero-order chi connectivity index (χ0) is 12.5. The molecule has 2 rings (SSSR count). The summed E-state index contributed by atoms with van der Waals surface area (Å²) in [5.41, 5.74) is -0.484. The number of aliphatic carboxylic acids is 1. The van der Waals surface area contributed by atoms with E-state index < -0.39 is 11.4 Å². The van der Waals surface area contributed by atoms with Crippen molar-refractivity contribution >= 4 is 5.97 Å². The Morgan fingerprint density at radius 2 is 1.94 bits per heavy atom. The maximum absolute atomic E-state index is 11.7. The van der Waals surface area contributed by atoms with E-state index in [1.807, 2.05) is 0 Å². The topological polar surface area (TPSA) is 46.5 Å². The Hall–Kier alpha value is -0.570. The third kappa shape index (κ3) is 2.35. The fourth-order valence-electron chi connectivity index (χ4n) is 3.59. The molecule has 1 aliphatic heterocycles. The fourth-order valence-corrected chi connectivity index (χ4v) is 3.59. The first-order valence-corrected chi connectivity index (χ1v) is 6.87. The highest BCUT2D eigenvalue weighted by molar-refractivity contribution is 5.75. The quantitative estimate of drug-likeness (QED) is 0.825. The molecule has 2 fully saturated rings. The van der Waals surface area contributed by atoms with Crippen LogP contribution < -0.4 is 0 Å². The lowest BCUT2D eigenvalue weighted by atomic mass is 9.62. The number of carboxylic acids is 1. The summed E-state index contributed by atoms with van der Waals surface area (Å²) in [5, 5.41) is 9.62. The van der Waals surface area contributed by atoms with Crippen LogP contribution in [0.4, 0.5) is 0 Å². The van der Waals surface area contributed by atoms with Crippen molar-refractivity contribution in [3.63, 3.8) is 0 Å². The Morgan fingerprint density at radius 3 is 2.35 bits per heavy atom. The van der Waals surface area contributed by atoms with Gasteiger partial charge in [-0.25, -0.2) is 0 Å². The maximum Gasteiger partial charge on any atom is 0.310 e. The van der Waals surface area contributed by atoms with Crippen molar-refractivity contribution in [2.24, 2.45) is 23.2 Å². The first kappa shape index (κ1) is 12.9. The molecular formula is C14H24O3. The highest BCUT2D eigenvalue weighted by atomic mass is 16.5. The van der Waals surface area contributed by atoms with Gasteiger partial charge in [0.1, 0.15) is 0 Å². The van der Waals surface area contributed by atoms with Crippen LogP contribution in [0.5, 0.6) is 0 Å². The Kier molecular flexibility index (Phi) is 3.76. The van der Waals surface area contributed by atoms with Gasteiger partial charge in [-0.05, 0) is 43.9 Å². The van der Waals surface area contributed by atoms with Crippen molar-refractivity contribution in [3.05, 3.63) is 0 Å². The second-order valence-corrected chi connectivity index (χ2v) is 6.10. The van der Waals surface area contributed by atoms with Crippen molar-refractivity contribution in [3.8, 4) is 0 Å². The first-order valence-electron chi connectivity index (χ1n) is 6.87. The molecule has 17 heavy (non-hydrogen) atoms. The average Bonchev–Trinajstić information content (AvgIpc) is 2.82. The summed E-state index contributed by atoms with van der Waals surface area (Å²) in [7, 11) is 0. The summed E-state index contributed by atoms with van der Waals surface area (Å²) >= 11 is 0. The molecule has 1 aliphatic carbocycles. The molecule has 98 valence electrons. The summed E-state index contributed by atoms with van der Waals surface area (Å²) in [5.74, 6) is 1.05. The van der Waals surface area contributed by atoms with E-state index in [-0.39, 0.29) is 5.92 Å². The molecule has 1 N–H and O–H groups in total. The normalized spacial score (nSPS) is 38.5. The van der Waals surface area contributed by atoms with Crippen molar-refractivity contribution in [2.75, 3.05) is 13.2 Å². The molecule has 1 saturated heterocycles. The molecule has 0 amide bonds. The van der Waals surface area contributed by atoms with E-state index in [1.54, 1.807) is 0 Å². The molecule has 0 aromatic carbocycles. The second kappa shape index (κ2) is 4.97. The maximum atomic E-state index is 11.7. The highest BCUT2D eigenvalue weighted by Gasteiger charge is 2.49. The summed E-state index contributed by atoms with van der Waals surface area (Å²) in [4.78, 5) is 11.7. The smallest absolute Gasteiger partial charge is 0.310 e. The van der Waals surface area contributed by atoms with Gasteiger partial charge >= 0.3 is 5.97 Å². The van der Waals surface area contributed by atoms with Crippen molar-refractivity contribution in [1.29, 1.82) is 0 Å². The lowest BCUT2D eigenvalue weighted by Crippen LogP contribution is -2.42. The van der Waals surface area contributed by atoms with E-state index in [4.69, 9.17) is 4.74 Å². The molecule has 1 saturated carbocycles. The molecule has 0 radical (unpaired) electrons. The van der Waals surface area contributed by atoms with Crippen molar-refractivity contribution < 1.29 is 14.6 Å². The van der Waals surface area contributed by atoms with E-state index in [2.05, 4.69) is 13.8 Å². The number of carboxylic acid groups (broad SMARTS) is 1. The number of hydrogen-bond donors (Lipinski definition) is 1. The van der Waals surface area contributed by atoms with Crippen molar-refractivity contribution in [2.45, 2.75) is 46.0 Å². The van der Waals surface area contributed by atoms with Crippen LogP contribution in [-0.2, 0) is 9.53 Å². The van der Waals surface area contributed by atoms with Crippen LogP contribution in [0.2, 0.25) is 0 Å². The third-order valence-electron chi connectivity index (χ3n) is 5.00. The predicted octanol–water partition coefficient (Wildman–Crippen LogP) is 2.94. The van der Waals surface area contributed by atoms with Gasteiger partial charge in [-0.3, -0.25) is 4.79 Å². The molecule has 1 heterocycles. The van der Waals surface area contributed by atoms with Crippen LogP contribution in [0.3, 0.4) is 0 Å². The van der Waals surface area contributed by atoms with E-state index in [0.29, 0.717) is 18.4 Å². The van der Waals surface area contributed by atoms with E-state index in [0.717, 1.165) is 38.7 Å². The minimum Gasteiger partial charge on any atom is -0.481 e. The molecule has 0 aromatic rings. The molecule has 0 aromatic heterocycles. The molecular weight excluding hydrogens is 216 g/mol. The number of rotatable bonds is 3. The zero-order valence-electron chi connectivity index (χ0n) is 10.9. The van der Waals surface area contributed by atoms with Crippen LogP contribution in [-0.4, -0.2) is 24.3 Å². The fraction of sp³-hybridized carbons (Fsp3) is 0.929. The van der Waals surface area contributed by atoms with Crippen LogP contribution in [0.25, 0.3) is 0 Å². The molecule has 0 bridgehead atoms. The van der Waals surface area contributed by atoms with Crippen LogP contribution in [0, 0.1) is 23.2 Å². The van der Waals surface area contributed by atoms with Crippen LogP contribution in [0.1, 0.15) is 46.0 Å². The van der Waals surface area contributed by atoms with Gasteiger partial charge < -0.3 is 9.84 Å². The van der Waals surface area contributed by atoms with E-state index >= 15 is 0 Å². The molecule has 3 nitrogen and oxygen atoms in total. The standard InChI is InChI=1S/C14H24O3/c1-10(2)11-3-6-14(7-4-11,13(15)16)12-5-8-17-9-12/h10-12H,3-9H2,1-2H3,(H,15,16). The molecule has 1 atom stereocenters. The largest absolute Gasteiger partial charge is 0.481 e. The Balaban J connectivity index is 2.07. The number of ether oxygens (including phenoxy) is 1. The average molecular weight is 240 g/mol. The van der Waals surface area contributed by atoms with Gasteiger partial charge in [-0.15, -0.1) is 0 Å². The monoisotopic (exact) mass is 240 g/mol. The highest BCUT2D eigenvalue weighted by Crippen LogP contribution is 2.48. The van der Waals surface area contributed by atoms with Gasteiger partial charge in [0.15, 0.2) is 0 Å². The zero-order valence-corrected chi connectivity index (χ0v) is 10.9. The Morgan fingerprint density at radius 1 is 1.29 bits per heavy atom. The molecule has 0 spiro atoms. The van der Waals surface area contributed by atoms with Gasteiger partial charge in [0.05, 0.1) is 12.0 Å². The lowest BCUT2D eigenvalue weighted by molar-refractivity contribution is -0.156. The van der Waals surface area contributed by atoms with Gasteiger partial charge in [-0.2, -0.15) is 0 Å². The second-order valence-electron chi connectivity index (χ2n) is 6.10. The Bertz CT molecular complexity index is 271. The Labute approximate surface area is 104 Å². The molecule has 2 aliphatic rings. The van der Waals surface area contributed by atoms with Crippen LogP contribution >= 0.6 is 0 Å². The summed E-state index contributed by atoms with van der Waals surface area (Å²) < 4.78 is 5.40. The lowest BCUT2D eigenvalue weighted by Gasteiger charge is -2.41. The van der Waals surface area contributed by atoms with Gasteiger partial charge in [0.2, 0.25) is 0 Å². The predicted molar refractivity (Wildman–Crippen MR) is 65.8 cm³/mol.